The summed E-state index contributed by atoms with van der Waals surface area (Å²) in [5.41, 5.74) is 5.57. The van der Waals surface area contributed by atoms with E-state index in [-0.39, 0.29) is 0 Å². The van der Waals surface area contributed by atoms with Crippen molar-refractivity contribution in [2.45, 2.75) is 18.6 Å². The van der Waals surface area contributed by atoms with Crippen molar-refractivity contribution in [3.05, 3.63) is 0 Å². The number of hydrogen-bond acceptors (Lipinski definition) is 3. The molecule has 1 heterocycles. The molecule has 0 aromatic carbocycles. The molecule has 0 radical (unpaired) electrons. The predicted molar refractivity (Wildman–Crippen MR) is 40.9 cm³/mol. The van der Waals surface area contributed by atoms with Gasteiger partial charge in [-0.05, 0) is 13.5 Å². The van der Waals surface area contributed by atoms with Crippen LogP contribution in [-0.2, 0) is 4.74 Å². The van der Waals surface area contributed by atoms with E-state index in [1.165, 1.54) is 0 Å². The van der Waals surface area contributed by atoms with Crippen LogP contribution in [0.15, 0.2) is 0 Å². The molecule has 1 saturated heterocycles. The second-order valence-electron chi connectivity index (χ2n) is 2.85. The minimum atomic E-state index is 0.356. The molecule has 3 nitrogen and oxygen atoms in total. The summed E-state index contributed by atoms with van der Waals surface area (Å²) in [4.78, 5) is 2.26. The van der Waals surface area contributed by atoms with Gasteiger partial charge in [-0.25, -0.2) is 0 Å². The van der Waals surface area contributed by atoms with Crippen molar-refractivity contribution in [2.75, 3.05) is 27.2 Å². The molecule has 1 rings (SSSR count). The second-order valence-corrected chi connectivity index (χ2v) is 2.85. The summed E-state index contributed by atoms with van der Waals surface area (Å²) in [6.07, 6.45) is 1.48. The van der Waals surface area contributed by atoms with Crippen molar-refractivity contribution < 1.29 is 4.74 Å². The number of nitrogens with zero attached hydrogens (tertiary/aromatic N) is 1. The lowest BCUT2D eigenvalue weighted by molar-refractivity contribution is 0.0751. The van der Waals surface area contributed by atoms with Crippen LogP contribution in [0.25, 0.3) is 0 Å². The van der Waals surface area contributed by atoms with Gasteiger partial charge in [0.15, 0.2) is 0 Å². The summed E-state index contributed by atoms with van der Waals surface area (Å²) in [5, 5.41) is 0. The first-order chi connectivity index (χ1) is 4.79. The monoisotopic (exact) mass is 144 g/mol. The molecule has 0 amide bonds. The first-order valence-electron chi connectivity index (χ1n) is 3.72. The molecule has 3 heteroatoms. The van der Waals surface area contributed by atoms with Gasteiger partial charge in [-0.1, -0.05) is 0 Å². The third kappa shape index (κ3) is 1.31. The van der Waals surface area contributed by atoms with E-state index in [1.807, 2.05) is 0 Å². The fraction of sp³-hybridized carbons (Fsp3) is 1.00. The minimum Gasteiger partial charge on any atom is -0.380 e. The topological polar surface area (TPSA) is 38.5 Å². The summed E-state index contributed by atoms with van der Waals surface area (Å²) in [6, 6.07) is 0.435. The number of nitrogens with two attached hydrogens (primary N) is 1. The molecule has 2 N–H and O–H groups in total. The Bertz CT molecular complexity index is 108. The van der Waals surface area contributed by atoms with Crippen LogP contribution in [0.4, 0.5) is 0 Å². The second kappa shape index (κ2) is 3.32. The van der Waals surface area contributed by atoms with Gasteiger partial charge >= 0.3 is 0 Å². The zero-order valence-electron chi connectivity index (χ0n) is 6.71. The van der Waals surface area contributed by atoms with Crippen LogP contribution in [0, 0.1) is 0 Å². The Balaban J connectivity index is 2.45. The highest BCUT2D eigenvalue weighted by atomic mass is 16.5. The van der Waals surface area contributed by atoms with Gasteiger partial charge in [0.25, 0.3) is 0 Å². The lowest BCUT2D eigenvalue weighted by Gasteiger charge is -2.21. The molecule has 0 aromatic heterocycles. The average molecular weight is 144 g/mol. The largest absolute Gasteiger partial charge is 0.380 e. The van der Waals surface area contributed by atoms with E-state index in [0.717, 1.165) is 13.0 Å². The van der Waals surface area contributed by atoms with Crippen LogP contribution < -0.4 is 5.73 Å². The first-order valence-corrected chi connectivity index (χ1v) is 3.72. The van der Waals surface area contributed by atoms with Gasteiger partial charge < -0.3 is 10.5 Å². The van der Waals surface area contributed by atoms with E-state index in [4.69, 9.17) is 10.5 Å². The van der Waals surface area contributed by atoms with Crippen LogP contribution in [0.5, 0.6) is 0 Å². The molecule has 0 aliphatic carbocycles. The van der Waals surface area contributed by atoms with E-state index in [2.05, 4.69) is 11.9 Å². The standard InChI is InChI=1S/C7H16N2O/c1-9-4-3-7(10-2)6(9)5-8/h6-7H,3-5,8H2,1-2H3. The van der Waals surface area contributed by atoms with Gasteiger partial charge in [0.2, 0.25) is 0 Å². The molecule has 1 aliphatic heterocycles. The van der Waals surface area contributed by atoms with Crippen molar-refractivity contribution in [2.24, 2.45) is 5.73 Å². The number of hydrogen-bond donors (Lipinski definition) is 1. The minimum absolute atomic E-state index is 0.356. The first kappa shape index (κ1) is 7.98. The number of likely N-dealkylation sites (tertiary alicyclic amines) is 1. The molecule has 1 fully saturated rings. The third-order valence-corrected chi connectivity index (χ3v) is 2.31. The number of likely N-dealkylation sites (N-methyl/N-ethyl adjacent to an activating group) is 1. The molecule has 10 heavy (non-hydrogen) atoms. The Morgan fingerprint density at radius 1 is 1.70 bits per heavy atom. The molecule has 0 spiro atoms. The molecular formula is C7H16N2O. The summed E-state index contributed by atoms with van der Waals surface area (Å²) in [5.74, 6) is 0. The normalized spacial score (nSPS) is 35.1. The molecule has 0 aromatic rings. The van der Waals surface area contributed by atoms with E-state index in [0.29, 0.717) is 18.7 Å². The zero-order chi connectivity index (χ0) is 7.56. The highest BCUT2D eigenvalue weighted by Gasteiger charge is 2.29. The van der Waals surface area contributed by atoms with Crippen LogP contribution in [0.2, 0.25) is 0 Å². The highest BCUT2D eigenvalue weighted by molar-refractivity contribution is 4.86. The van der Waals surface area contributed by atoms with Gasteiger partial charge in [-0.3, -0.25) is 4.90 Å². The summed E-state index contributed by atoms with van der Waals surface area (Å²) in [6.45, 7) is 1.81. The molecular weight excluding hydrogens is 128 g/mol. The highest BCUT2D eigenvalue weighted by Crippen LogP contribution is 2.16. The maximum atomic E-state index is 5.57. The maximum Gasteiger partial charge on any atom is 0.0750 e. The quantitative estimate of drug-likeness (QED) is 0.576. The Morgan fingerprint density at radius 3 is 2.80 bits per heavy atom. The van der Waals surface area contributed by atoms with Gasteiger partial charge in [-0.15, -0.1) is 0 Å². The maximum absolute atomic E-state index is 5.57. The molecule has 0 bridgehead atoms. The van der Waals surface area contributed by atoms with E-state index < -0.39 is 0 Å². The summed E-state index contributed by atoms with van der Waals surface area (Å²) in [7, 11) is 3.85. The summed E-state index contributed by atoms with van der Waals surface area (Å²) < 4.78 is 5.26. The van der Waals surface area contributed by atoms with E-state index in [1.54, 1.807) is 7.11 Å². The molecule has 0 saturated carbocycles. The lowest BCUT2D eigenvalue weighted by Crippen LogP contribution is -2.39. The Hall–Kier alpha value is -0.120. The van der Waals surface area contributed by atoms with Crippen molar-refractivity contribution in [3.8, 4) is 0 Å². The number of ether oxygens (including phenoxy) is 1. The van der Waals surface area contributed by atoms with Crippen LogP contribution in [0.3, 0.4) is 0 Å². The Kier molecular flexibility index (Phi) is 2.65. The van der Waals surface area contributed by atoms with E-state index in [9.17, 15) is 0 Å². The lowest BCUT2D eigenvalue weighted by atomic mass is 10.2. The van der Waals surface area contributed by atoms with Gasteiger partial charge in [0.1, 0.15) is 0 Å². The van der Waals surface area contributed by atoms with Gasteiger partial charge in [-0.2, -0.15) is 0 Å². The van der Waals surface area contributed by atoms with Crippen molar-refractivity contribution >= 4 is 0 Å². The van der Waals surface area contributed by atoms with Crippen LogP contribution >= 0.6 is 0 Å². The van der Waals surface area contributed by atoms with Crippen molar-refractivity contribution in [3.63, 3.8) is 0 Å². The number of rotatable bonds is 2. The zero-order valence-corrected chi connectivity index (χ0v) is 6.71. The summed E-state index contributed by atoms with van der Waals surface area (Å²) >= 11 is 0. The number of methoxy groups -OCH3 is 1. The SMILES string of the molecule is COC1CCN(C)C1CN. The predicted octanol–water partition coefficient (Wildman–Crippen LogP) is -0.336. The Morgan fingerprint density at radius 2 is 2.40 bits per heavy atom. The molecule has 1 aliphatic rings. The van der Waals surface area contributed by atoms with Gasteiger partial charge in [0.05, 0.1) is 6.10 Å². The van der Waals surface area contributed by atoms with E-state index >= 15 is 0 Å². The molecule has 2 atom stereocenters. The Labute approximate surface area is 62.1 Å². The van der Waals surface area contributed by atoms with Gasteiger partial charge in [0, 0.05) is 26.2 Å². The van der Waals surface area contributed by atoms with Crippen LogP contribution in [-0.4, -0.2) is 44.3 Å². The van der Waals surface area contributed by atoms with Crippen molar-refractivity contribution in [1.82, 2.24) is 4.90 Å². The average Bonchev–Trinajstić information content (AvgIpc) is 2.30. The third-order valence-electron chi connectivity index (χ3n) is 2.31. The molecule has 60 valence electrons. The van der Waals surface area contributed by atoms with Crippen LogP contribution in [0.1, 0.15) is 6.42 Å². The molecule has 2 unspecified atom stereocenters. The fourth-order valence-corrected chi connectivity index (χ4v) is 1.58. The van der Waals surface area contributed by atoms with Crippen molar-refractivity contribution in [1.29, 1.82) is 0 Å². The fourth-order valence-electron chi connectivity index (χ4n) is 1.58. The smallest absolute Gasteiger partial charge is 0.0750 e.